The second-order valence-corrected chi connectivity index (χ2v) is 5.71. The van der Waals surface area contributed by atoms with E-state index in [0.29, 0.717) is 5.69 Å². The maximum absolute atomic E-state index is 12.0. The van der Waals surface area contributed by atoms with Crippen LogP contribution in [0.5, 0.6) is 0 Å². The SMILES string of the molecule is COC(=O)Cn1cc(CN(C(C)=O)[C@H]2CC(=O)[C@@H]3OC[C@H]2O3)nn1. The number of hydrogen-bond donors (Lipinski definition) is 0. The molecule has 130 valence electrons. The number of ether oxygens (including phenoxy) is 3. The van der Waals surface area contributed by atoms with Gasteiger partial charge in [-0.3, -0.25) is 14.4 Å². The Morgan fingerprint density at radius 1 is 1.50 bits per heavy atom. The lowest BCUT2D eigenvalue weighted by Gasteiger charge is -2.35. The Hall–Kier alpha value is -2.33. The van der Waals surface area contributed by atoms with E-state index in [1.165, 1.54) is 23.6 Å². The molecule has 1 amide bonds. The molecule has 0 N–H and O–H groups in total. The summed E-state index contributed by atoms with van der Waals surface area (Å²) in [6.07, 6.45) is 0.611. The van der Waals surface area contributed by atoms with Crippen LogP contribution in [0.1, 0.15) is 19.0 Å². The van der Waals surface area contributed by atoms with Gasteiger partial charge in [-0.1, -0.05) is 5.21 Å². The zero-order valence-corrected chi connectivity index (χ0v) is 13.4. The molecule has 3 rings (SSSR count). The summed E-state index contributed by atoms with van der Waals surface area (Å²) in [6, 6.07) is -0.403. The molecule has 1 aromatic rings. The van der Waals surface area contributed by atoms with Crippen molar-refractivity contribution in [3.63, 3.8) is 0 Å². The second-order valence-electron chi connectivity index (χ2n) is 5.71. The smallest absolute Gasteiger partial charge is 0.327 e. The van der Waals surface area contributed by atoms with Crippen LogP contribution in [0.4, 0.5) is 0 Å². The molecule has 1 aromatic heterocycles. The van der Waals surface area contributed by atoms with Gasteiger partial charge in [0.15, 0.2) is 5.78 Å². The highest BCUT2D eigenvalue weighted by atomic mass is 16.7. The van der Waals surface area contributed by atoms with Gasteiger partial charge in [0.2, 0.25) is 12.2 Å². The Labute approximate surface area is 137 Å². The second kappa shape index (κ2) is 6.65. The Kier molecular flexibility index (Phi) is 4.58. The predicted octanol–water partition coefficient (Wildman–Crippen LogP) is -1.12. The van der Waals surface area contributed by atoms with Gasteiger partial charge in [-0.15, -0.1) is 5.10 Å². The standard InChI is InChI=1S/C14H18N4O6/c1-8(19)18(10-3-11(20)14-23-7-12(10)24-14)5-9-4-17(16-15-9)6-13(21)22-2/h4,10,12,14H,3,5-7H2,1-2H3/t10-,12+,14+/m0/s1. The zero-order valence-electron chi connectivity index (χ0n) is 13.4. The summed E-state index contributed by atoms with van der Waals surface area (Å²) >= 11 is 0. The lowest BCUT2D eigenvalue weighted by molar-refractivity contribution is -0.161. The zero-order chi connectivity index (χ0) is 17.3. The Balaban J connectivity index is 1.71. The lowest BCUT2D eigenvalue weighted by atomic mass is 10.0. The quantitative estimate of drug-likeness (QED) is 0.621. The van der Waals surface area contributed by atoms with Crippen LogP contribution in [0, 0.1) is 0 Å². The fourth-order valence-electron chi connectivity index (χ4n) is 2.86. The third kappa shape index (κ3) is 3.29. The number of methoxy groups -OCH3 is 1. The van der Waals surface area contributed by atoms with Crippen molar-refractivity contribution in [1.29, 1.82) is 0 Å². The summed E-state index contributed by atoms with van der Waals surface area (Å²) in [7, 11) is 1.29. The van der Waals surface area contributed by atoms with E-state index in [1.54, 1.807) is 6.20 Å². The molecule has 2 fully saturated rings. The molecule has 0 radical (unpaired) electrons. The van der Waals surface area contributed by atoms with E-state index in [-0.39, 0.29) is 43.9 Å². The summed E-state index contributed by atoms with van der Waals surface area (Å²) < 4.78 is 16.7. The number of nitrogens with zero attached hydrogens (tertiary/aromatic N) is 4. The first-order valence-electron chi connectivity index (χ1n) is 7.50. The van der Waals surface area contributed by atoms with Gasteiger partial charge in [-0.05, 0) is 0 Å². The minimum Gasteiger partial charge on any atom is -0.468 e. The number of carbonyl (C=O) groups is 3. The first kappa shape index (κ1) is 16.5. The molecule has 2 aliphatic heterocycles. The minimum absolute atomic E-state index is 0.0628. The Bertz CT molecular complexity index is 659. The van der Waals surface area contributed by atoms with E-state index in [4.69, 9.17) is 9.47 Å². The van der Waals surface area contributed by atoms with Gasteiger partial charge < -0.3 is 19.1 Å². The minimum atomic E-state index is -0.805. The van der Waals surface area contributed by atoms with Gasteiger partial charge >= 0.3 is 5.97 Å². The molecular formula is C14H18N4O6. The van der Waals surface area contributed by atoms with Gasteiger partial charge in [0.1, 0.15) is 18.3 Å². The Morgan fingerprint density at radius 3 is 3.00 bits per heavy atom. The fraction of sp³-hybridized carbons (Fsp3) is 0.643. The average Bonchev–Trinajstić information content (AvgIpc) is 3.16. The highest BCUT2D eigenvalue weighted by Crippen LogP contribution is 2.29. The summed E-state index contributed by atoms with van der Waals surface area (Å²) in [5.41, 5.74) is 0.502. The van der Waals surface area contributed by atoms with Crippen LogP contribution < -0.4 is 0 Å². The van der Waals surface area contributed by atoms with E-state index < -0.39 is 18.3 Å². The number of hydrogen-bond acceptors (Lipinski definition) is 8. The van der Waals surface area contributed by atoms with Gasteiger partial charge in [0, 0.05) is 13.3 Å². The van der Waals surface area contributed by atoms with Crippen LogP contribution in [-0.2, 0) is 41.7 Å². The molecule has 10 nitrogen and oxygen atoms in total. The highest BCUT2D eigenvalue weighted by Gasteiger charge is 2.46. The van der Waals surface area contributed by atoms with Crippen molar-refractivity contribution in [2.24, 2.45) is 0 Å². The summed E-state index contributed by atoms with van der Waals surface area (Å²) in [6.45, 7) is 1.80. The first-order valence-corrected chi connectivity index (χ1v) is 7.50. The normalized spacial score (nSPS) is 25.6. The number of aromatic nitrogens is 3. The maximum atomic E-state index is 12.0. The van der Waals surface area contributed by atoms with Crippen molar-refractivity contribution in [2.75, 3.05) is 13.7 Å². The monoisotopic (exact) mass is 338 g/mol. The average molecular weight is 338 g/mol. The number of esters is 1. The summed E-state index contributed by atoms with van der Waals surface area (Å²) in [5, 5.41) is 7.78. The summed E-state index contributed by atoms with van der Waals surface area (Å²) in [5.74, 6) is -0.825. The molecule has 0 spiro atoms. The molecule has 0 aliphatic carbocycles. The van der Waals surface area contributed by atoms with E-state index in [0.717, 1.165) is 0 Å². The molecular weight excluding hydrogens is 320 g/mol. The molecule has 0 saturated carbocycles. The van der Waals surface area contributed by atoms with E-state index >= 15 is 0 Å². The fourth-order valence-corrected chi connectivity index (χ4v) is 2.86. The van der Waals surface area contributed by atoms with E-state index in [2.05, 4.69) is 15.0 Å². The first-order chi connectivity index (χ1) is 11.5. The van der Waals surface area contributed by atoms with Crippen molar-refractivity contribution in [2.45, 2.75) is 44.9 Å². The molecule has 24 heavy (non-hydrogen) atoms. The van der Waals surface area contributed by atoms with Crippen molar-refractivity contribution in [1.82, 2.24) is 19.9 Å². The Morgan fingerprint density at radius 2 is 2.29 bits per heavy atom. The number of fused-ring (bicyclic) bond motifs is 2. The molecule has 2 bridgehead atoms. The number of rotatable bonds is 5. The van der Waals surface area contributed by atoms with Crippen LogP contribution in [0.25, 0.3) is 0 Å². The third-order valence-corrected chi connectivity index (χ3v) is 4.05. The van der Waals surface area contributed by atoms with Crippen molar-refractivity contribution in [3.8, 4) is 0 Å². The maximum Gasteiger partial charge on any atom is 0.327 e. The topological polar surface area (TPSA) is 113 Å². The number of ketones is 1. The number of amides is 1. The van der Waals surface area contributed by atoms with Gasteiger partial charge in [-0.25, -0.2) is 4.68 Å². The van der Waals surface area contributed by atoms with Crippen LogP contribution in [-0.4, -0.2) is 69.7 Å². The highest BCUT2D eigenvalue weighted by molar-refractivity contribution is 5.84. The molecule has 10 heteroatoms. The van der Waals surface area contributed by atoms with Gasteiger partial charge in [-0.2, -0.15) is 0 Å². The molecule has 3 heterocycles. The van der Waals surface area contributed by atoms with Crippen LogP contribution in [0.3, 0.4) is 0 Å². The van der Waals surface area contributed by atoms with E-state index in [1.807, 2.05) is 0 Å². The van der Waals surface area contributed by atoms with Crippen LogP contribution >= 0.6 is 0 Å². The van der Waals surface area contributed by atoms with Crippen molar-refractivity contribution < 1.29 is 28.6 Å². The summed E-state index contributed by atoms with van der Waals surface area (Å²) in [4.78, 5) is 36.8. The molecule has 0 unspecified atom stereocenters. The van der Waals surface area contributed by atoms with Crippen molar-refractivity contribution in [3.05, 3.63) is 11.9 Å². The predicted molar refractivity (Wildman–Crippen MR) is 76.3 cm³/mol. The molecule has 3 atom stereocenters. The molecule has 2 saturated heterocycles. The van der Waals surface area contributed by atoms with Crippen LogP contribution in [0.15, 0.2) is 6.20 Å². The van der Waals surface area contributed by atoms with Crippen molar-refractivity contribution >= 4 is 17.7 Å². The number of carbonyl (C=O) groups excluding carboxylic acids is 3. The van der Waals surface area contributed by atoms with Gasteiger partial charge in [0.05, 0.1) is 32.5 Å². The third-order valence-electron chi connectivity index (χ3n) is 4.05. The lowest BCUT2D eigenvalue weighted by Crippen LogP contribution is -2.51. The number of Topliss-reactive ketones (excluding diaryl/α,β-unsaturated/α-hetero) is 1. The van der Waals surface area contributed by atoms with Crippen LogP contribution in [0.2, 0.25) is 0 Å². The molecule has 2 aliphatic rings. The van der Waals surface area contributed by atoms with Gasteiger partial charge in [0.25, 0.3) is 0 Å². The molecule has 0 aromatic carbocycles. The largest absolute Gasteiger partial charge is 0.468 e. The van der Waals surface area contributed by atoms with E-state index in [9.17, 15) is 14.4 Å².